The van der Waals surface area contributed by atoms with Crippen molar-refractivity contribution in [2.24, 2.45) is 0 Å². The first-order valence-electron chi connectivity index (χ1n) is 4.86. The second-order valence-corrected chi connectivity index (χ2v) is 4.50. The zero-order chi connectivity index (χ0) is 12.1. The molecule has 1 aromatic rings. The van der Waals surface area contributed by atoms with Gasteiger partial charge in [0.1, 0.15) is 6.04 Å². The third-order valence-corrected chi connectivity index (χ3v) is 2.95. The lowest BCUT2D eigenvalue weighted by molar-refractivity contribution is -0.143. The van der Waals surface area contributed by atoms with E-state index in [4.69, 9.17) is 16.3 Å². The molecule has 1 aromatic carbocycles. The number of carbonyl (C=O) groups is 1. The Labute approximate surface area is 108 Å². The van der Waals surface area contributed by atoms with Crippen molar-refractivity contribution in [3.8, 4) is 0 Å². The van der Waals surface area contributed by atoms with Crippen LogP contribution in [0.15, 0.2) is 22.7 Å². The fourth-order valence-electron chi connectivity index (χ4n) is 1.38. The Morgan fingerprint density at radius 2 is 2.31 bits per heavy atom. The topological polar surface area (TPSA) is 38.3 Å². The van der Waals surface area contributed by atoms with Gasteiger partial charge in [-0.2, -0.15) is 0 Å². The van der Waals surface area contributed by atoms with Gasteiger partial charge < -0.3 is 10.1 Å². The maximum Gasteiger partial charge on any atom is 0.327 e. The molecule has 0 heterocycles. The molecule has 0 saturated heterocycles. The summed E-state index contributed by atoms with van der Waals surface area (Å²) < 4.78 is 5.61. The smallest absolute Gasteiger partial charge is 0.327 e. The van der Waals surface area contributed by atoms with Gasteiger partial charge in [-0.3, -0.25) is 0 Å². The minimum absolute atomic E-state index is 0.346. The summed E-state index contributed by atoms with van der Waals surface area (Å²) in [5.74, 6) is -0.346. The lowest BCUT2D eigenvalue weighted by Gasteiger charge is -2.17. The van der Waals surface area contributed by atoms with E-state index >= 15 is 0 Å². The van der Waals surface area contributed by atoms with Gasteiger partial charge in [0.05, 0.1) is 7.11 Å². The minimum Gasteiger partial charge on any atom is -0.468 e. The number of benzene rings is 1. The van der Waals surface area contributed by atoms with E-state index in [0.29, 0.717) is 17.1 Å². The van der Waals surface area contributed by atoms with Crippen molar-refractivity contribution in [3.63, 3.8) is 0 Å². The van der Waals surface area contributed by atoms with Gasteiger partial charge in [-0.25, -0.2) is 4.79 Å². The normalized spacial score (nSPS) is 12.2. The highest BCUT2D eigenvalue weighted by Gasteiger charge is 2.22. The number of methoxy groups -OCH3 is 1. The van der Waals surface area contributed by atoms with Crippen LogP contribution in [0.5, 0.6) is 0 Å². The first kappa shape index (κ1) is 13.5. The molecule has 3 nitrogen and oxygen atoms in total. The molecule has 1 N–H and O–H groups in total. The van der Waals surface area contributed by atoms with Gasteiger partial charge in [-0.15, -0.1) is 0 Å². The van der Waals surface area contributed by atoms with E-state index in [2.05, 4.69) is 21.2 Å². The molecule has 0 aliphatic heterocycles. The van der Waals surface area contributed by atoms with Crippen LogP contribution >= 0.6 is 27.5 Å². The molecule has 0 saturated carbocycles. The predicted octanol–water partition coefficient (Wildman–Crippen LogP) is 2.93. The molecule has 88 valence electrons. The largest absolute Gasteiger partial charge is 0.468 e. The van der Waals surface area contributed by atoms with Crippen molar-refractivity contribution in [2.75, 3.05) is 13.7 Å². The van der Waals surface area contributed by atoms with Gasteiger partial charge in [0.15, 0.2) is 0 Å². The Kier molecular flexibility index (Phi) is 5.25. The number of esters is 1. The number of halogens is 2. The molecule has 0 spiro atoms. The van der Waals surface area contributed by atoms with Gasteiger partial charge in [0, 0.05) is 9.50 Å². The number of hydrogen-bond donors (Lipinski definition) is 1. The molecule has 1 rings (SSSR count). The van der Waals surface area contributed by atoms with Crippen molar-refractivity contribution in [1.82, 2.24) is 5.32 Å². The van der Waals surface area contributed by atoms with Gasteiger partial charge in [-0.1, -0.05) is 34.5 Å². The average Bonchev–Trinajstić information content (AvgIpc) is 2.28. The number of likely N-dealkylation sites (N-methyl/N-ethyl adjacent to an activating group) is 1. The molecule has 1 atom stereocenters. The van der Waals surface area contributed by atoms with Crippen molar-refractivity contribution < 1.29 is 9.53 Å². The molecule has 0 amide bonds. The van der Waals surface area contributed by atoms with E-state index in [-0.39, 0.29) is 5.97 Å². The summed E-state index contributed by atoms with van der Waals surface area (Å²) in [7, 11) is 1.36. The average molecular weight is 307 g/mol. The quantitative estimate of drug-likeness (QED) is 0.869. The standard InChI is InChI=1S/C11H13BrClNO2/c1-3-14-10(11(15)16-2)8-6-7(12)4-5-9(8)13/h4-6,10,14H,3H2,1-2H3. The van der Waals surface area contributed by atoms with Crippen LogP contribution in [0.1, 0.15) is 18.5 Å². The van der Waals surface area contributed by atoms with Gasteiger partial charge in [0.2, 0.25) is 0 Å². The van der Waals surface area contributed by atoms with Crippen molar-refractivity contribution >= 4 is 33.5 Å². The Balaban J connectivity index is 3.09. The molecular formula is C11H13BrClNO2. The van der Waals surface area contributed by atoms with Crippen LogP contribution in [0, 0.1) is 0 Å². The maximum atomic E-state index is 11.6. The zero-order valence-corrected chi connectivity index (χ0v) is 11.4. The highest BCUT2D eigenvalue weighted by atomic mass is 79.9. The Morgan fingerprint density at radius 1 is 1.62 bits per heavy atom. The second kappa shape index (κ2) is 6.23. The monoisotopic (exact) mass is 305 g/mol. The molecule has 16 heavy (non-hydrogen) atoms. The summed E-state index contributed by atoms with van der Waals surface area (Å²) in [5, 5.41) is 3.58. The number of carbonyl (C=O) groups excluding carboxylic acids is 1. The van der Waals surface area contributed by atoms with E-state index in [0.717, 1.165) is 4.47 Å². The van der Waals surface area contributed by atoms with Crippen LogP contribution in [0.2, 0.25) is 5.02 Å². The number of rotatable bonds is 4. The highest BCUT2D eigenvalue weighted by molar-refractivity contribution is 9.10. The van der Waals surface area contributed by atoms with Crippen molar-refractivity contribution in [3.05, 3.63) is 33.3 Å². The van der Waals surface area contributed by atoms with E-state index in [9.17, 15) is 4.79 Å². The van der Waals surface area contributed by atoms with Crippen LogP contribution in [-0.2, 0) is 9.53 Å². The molecule has 0 aliphatic rings. The summed E-state index contributed by atoms with van der Waals surface area (Å²) >= 11 is 9.41. The first-order valence-corrected chi connectivity index (χ1v) is 6.03. The SMILES string of the molecule is CCNC(C(=O)OC)c1cc(Br)ccc1Cl. The van der Waals surface area contributed by atoms with E-state index in [1.165, 1.54) is 7.11 Å². The number of ether oxygens (including phenoxy) is 1. The summed E-state index contributed by atoms with van der Waals surface area (Å²) in [6.07, 6.45) is 0. The van der Waals surface area contributed by atoms with Crippen LogP contribution in [-0.4, -0.2) is 19.6 Å². The maximum absolute atomic E-state index is 11.6. The molecule has 5 heteroatoms. The molecule has 0 bridgehead atoms. The predicted molar refractivity (Wildman–Crippen MR) is 67.6 cm³/mol. The summed E-state index contributed by atoms with van der Waals surface area (Å²) in [6.45, 7) is 2.57. The van der Waals surface area contributed by atoms with Crippen LogP contribution in [0.3, 0.4) is 0 Å². The highest BCUT2D eigenvalue weighted by Crippen LogP contribution is 2.27. The fraction of sp³-hybridized carbons (Fsp3) is 0.364. The Hall–Kier alpha value is -0.580. The van der Waals surface area contributed by atoms with E-state index in [1.807, 2.05) is 19.1 Å². The number of nitrogens with one attached hydrogen (secondary N) is 1. The Bertz CT molecular complexity index is 384. The van der Waals surface area contributed by atoms with Crippen LogP contribution in [0.4, 0.5) is 0 Å². The summed E-state index contributed by atoms with van der Waals surface area (Å²) in [6, 6.07) is 4.85. The lowest BCUT2D eigenvalue weighted by Crippen LogP contribution is -2.29. The Morgan fingerprint density at radius 3 is 2.88 bits per heavy atom. The fourth-order valence-corrected chi connectivity index (χ4v) is 1.98. The number of hydrogen-bond acceptors (Lipinski definition) is 3. The minimum atomic E-state index is -0.528. The summed E-state index contributed by atoms with van der Waals surface area (Å²) in [5.41, 5.74) is 0.713. The molecule has 0 aliphatic carbocycles. The lowest BCUT2D eigenvalue weighted by atomic mass is 10.1. The second-order valence-electron chi connectivity index (χ2n) is 3.18. The molecule has 0 aromatic heterocycles. The molecule has 0 fully saturated rings. The van der Waals surface area contributed by atoms with Crippen molar-refractivity contribution in [1.29, 1.82) is 0 Å². The molecule has 1 unspecified atom stereocenters. The van der Waals surface area contributed by atoms with Crippen LogP contribution in [0.25, 0.3) is 0 Å². The van der Waals surface area contributed by atoms with Crippen molar-refractivity contribution in [2.45, 2.75) is 13.0 Å². The van der Waals surface area contributed by atoms with Gasteiger partial charge in [0.25, 0.3) is 0 Å². The first-order chi connectivity index (χ1) is 7.60. The van der Waals surface area contributed by atoms with E-state index < -0.39 is 6.04 Å². The zero-order valence-electron chi connectivity index (χ0n) is 9.09. The van der Waals surface area contributed by atoms with E-state index in [1.54, 1.807) is 6.07 Å². The third-order valence-electron chi connectivity index (χ3n) is 2.11. The van der Waals surface area contributed by atoms with Gasteiger partial charge >= 0.3 is 5.97 Å². The summed E-state index contributed by atoms with van der Waals surface area (Å²) in [4.78, 5) is 11.6. The van der Waals surface area contributed by atoms with Gasteiger partial charge in [-0.05, 0) is 30.3 Å². The molecular weight excluding hydrogens is 293 g/mol. The molecule has 0 radical (unpaired) electrons. The third kappa shape index (κ3) is 3.20. The van der Waals surface area contributed by atoms with Crippen LogP contribution < -0.4 is 5.32 Å².